The minimum Gasteiger partial charge on any atom is -0.348 e. The molecule has 1 unspecified atom stereocenters. The molecular formula is C19H24FN3O3S. The molecular weight excluding hydrogens is 369 g/mol. The van der Waals surface area contributed by atoms with Crippen molar-refractivity contribution in [2.75, 3.05) is 11.3 Å². The van der Waals surface area contributed by atoms with Crippen LogP contribution >= 0.6 is 0 Å². The Morgan fingerprint density at radius 1 is 1.11 bits per heavy atom. The van der Waals surface area contributed by atoms with Gasteiger partial charge in [0.1, 0.15) is 5.82 Å². The minimum atomic E-state index is -3.96. The highest BCUT2D eigenvalue weighted by Gasteiger charge is 2.18. The molecule has 1 amide bonds. The van der Waals surface area contributed by atoms with Crippen LogP contribution in [0.15, 0.2) is 53.4 Å². The zero-order chi connectivity index (χ0) is 20.0. The van der Waals surface area contributed by atoms with Gasteiger partial charge in [0.2, 0.25) is 0 Å². The average Bonchev–Trinajstić information content (AvgIpc) is 2.62. The van der Waals surface area contributed by atoms with E-state index in [2.05, 4.69) is 10.0 Å². The Morgan fingerprint density at radius 3 is 2.30 bits per heavy atom. The quantitative estimate of drug-likeness (QED) is 0.642. The van der Waals surface area contributed by atoms with E-state index in [0.717, 1.165) is 12.5 Å². The fraction of sp³-hybridized carbons (Fsp3) is 0.316. The van der Waals surface area contributed by atoms with Crippen LogP contribution < -0.4 is 15.8 Å². The number of carbonyl (C=O) groups excluding carboxylic acids is 1. The number of carbonyl (C=O) groups is 1. The number of benzene rings is 2. The van der Waals surface area contributed by atoms with E-state index < -0.39 is 15.8 Å². The van der Waals surface area contributed by atoms with E-state index in [-0.39, 0.29) is 22.5 Å². The topological polar surface area (TPSA) is 101 Å². The third kappa shape index (κ3) is 5.77. The summed E-state index contributed by atoms with van der Waals surface area (Å²) in [6, 6.07) is 10.8. The van der Waals surface area contributed by atoms with Gasteiger partial charge in [-0.2, -0.15) is 0 Å². The molecule has 0 heterocycles. The van der Waals surface area contributed by atoms with E-state index in [0.29, 0.717) is 18.0 Å². The van der Waals surface area contributed by atoms with E-state index >= 15 is 0 Å². The number of hydrogen-bond acceptors (Lipinski definition) is 4. The lowest BCUT2D eigenvalue weighted by Gasteiger charge is -2.19. The Kier molecular flexibility index (Phi) is 6.92. The second-order valence-corrected chi connectivity index (χ2v) is 8.33. The number of nitrogens with one attached hydrogen (secondary N) is 2. The number of sulfonamides is 1. The number of rotatable bonds is 8. The molecule has 0 saturated heterocycles. The maximum Gasteiger partial charge on any atom is 0.261 e. The van der Waals surface area contributed by atoms with Gasteiger partial charge < -0.3 is 11.1 Å². The smallest absolute Gasteiger partial charge is 0.261 e. The molecule has 2 rings (SSSR count). The molecule has 6 nitrogen and oxygen atoms in total. The van der Waals surface area contributed by atoms with Gasteiger partial charge >= 0.3 is 0 Å². The molecule has 0 aliphatic carbocycles. The van der Waals surface area contributed by atoms with E-state index in [9.17, 15) is 17.6 Å². The van der Waals surface area contributed by atoms with Crippen molar-refractivity contribution in [3.63, 3.8) is 0 Å². The molecule has 27 heavy (non-hydrogen) atoms. The van der Waals surface area contributed by atoms with Gasteiger partial charge in [0.05, 0.1) is 10.6 Å². The predicted octanol–water partition coefficient (Wildman–Crippen LogP) is 2.73. The van der Waals surface area contributed by atoms with Crippen molar-refractivity contribution in [1.82, 2.24) is 5.32 Å². The van der Waals surface area contributed by atoms with Crippen LogP contribution in [0.4, 0.5) is 10.1 Å². The lowest BCUT2D eigenvalue weighted by Crippen LogP contribution is -2.41. The lowest BCUT2D eigenvalue weighted by molar-refractivity contribution is 0.0933. The zero-order valence-corrected chi connectivity index (χ0v) is 16.1. The number of amides is 1. The summed E-state index contributed by atoms with van der Waals surface area (Å²) in [5.74, 6) is -0.608. The summed E-state index contributed by atoms with van der Waals surface area (Å²) in [6.07, 6.45) is 0.751. The zero-order valence-electron chi connectivity index (χ0n) is 15.3. The summed E-state index contributed by atoms with van der Waals surface area (Å²) >= 11 is 0. The number of halogens is 1. The first-order valence-electron chi connectivity index (χ1n) is 8.61. The van der Waals surface area contributed by atoms with Crippen LogP contribution in [-0.2, 0) is 10.0 Å². The SMILES string of the molecule is CC(C)CC(CN)NC(=O)c1ccc(S(=O)(=O)Nc2ccccc2F)cc1. The van der Waals surface area contributed by atoms with Gasteiger partial charge in [0, 0.05) is 18.2 Å². The second kappa shape index (κ2) is 8.96. The van der Waals surface area contributed by atoms with Crippen molar-refractivity contribution in [3.8, 4) is 0 Å². The standard InChI is InChI=1S/C19H24FN3O3S/c1-13(2)11-15(12-21)22-19(24)14-7-9-16(10-8-14)27(25,26)23-18-6-4-3-5-17(18)20/h3-10,13,15,23H,11-12,21H2,1-2H3,(H,22,24). The van der Waals surface area contributed by atoms with Crippen molar-refractivity contribution in [2.24, 2.45) is 11.7 Å². The van der Waals surface area contributed by atoms with Crippen molar-refractivity contribution in [3.05, 3.63) is 59.9 Å². The average molecular weight is 393 g/mol. The van der Waals surface area contributed by atoms with E-state index in [1.165, 1.54) is 42.5 Å². The molecule has 0 saturated carbocycles. The fourth-order valence-electron chi connectivity index (χ4n) is 2.58. The van der Waals surface area contributed by atoms with Gasteiger partial charge in [0.15, 0.2) is 0 Å². The summed E-state index contributed by atoms with van der Waals surface area (Å²) in [5.41, 5.74) is 5.86. The van der Waals surface area contributed by atoms with Crippen molar-refractivity contribution in [1.29, 1.82) is 0 Å². The third-order valence-electron chi connectivity index (χ3n) is 3.92. The summed E-state index contributed by atoms with van der Waals surface area (Å²) in [4.78, 5) is 12.2. The summed E-state index contributed by atoms with van der Waals surface area (Å²) in [7, 11) is -3.96. The van der Waals surface area contributed by atoms with Crippen LogP contribution in [0, 0.1) is 11.7 Å². The highest BCUT2D eigenvalue weighted by Crippen LogP contribution is 2.19. The number of hydrogen-bond donors (Lipinski definition) is 3. The third-order valence-corrected chi connectivity index (χ3v) is 5.30. The van der Waals surface area contributed by atoms with Crippen molar-refractivity contribution < 1.29 is 17.6 Å². The first-order chi connectivity index (χ1) is 12.7. The van der Waals surface area contributed by atoms with Crippen LogP contribution in [0.25, 0.3) is 0 Å². The van der Waals surface area contributed by atoms with Gasteiger partial charge in [-0.3, -0.25) is 9.52 Å². The highest BCUT2D eigenvalue weighted by molar-refractivity contribution is 7.92. The first-order valence-corrected chi connectivity index (χ1v) is 10.1. The number of anilines is 1. The summed E-state index contributed by atoms with van der Waals surface area (Å²) in [5, 5.41) is 2.84. The van der Waals surface area contributed by atoms with Crippen molar-refractivity contribution in [2.45, 2.75) is 31.2 Å². The lowest BCUT2D eigenvalue weighted by atomic mass is 10.0. The molecule has 0 fully saturated rings. The number of nitrogens with two attached hydrogens (primary N) is 1. The largest absolute Gasteiger partial charge is 0.348 e. The van der Waals surface area contributed by atoms with Crippen LogP contribution in [0.3, 0.4) is 0 Å². The molecule has 4 N–H and O–H groups in total. The Balaban J connectivity index is 2.11. The van der Waals surface area contributed by atoms with Gasteiger partial charge in [-0.1, -0.05) is 26.0 Å². The Labute approximate surface area is 159 Å². The highest BCUT2D eigenvalue weighted by atomic mass is 32.2. The Morgan fingerprint density at radius 2 is 1.74 bits per heavy atom. The van der Waals surface area contributed by atoms with Crippen molar-refractivity contribution >= 4 is 21.6 Å². The molecule has 0 aliphatic heterocycles. The van der Waals surface area contributed by atoms with Crippen LogP contribution in [0.5, 0.6) is 0 Å². The molecule has 0 bridgehead atoms. The first kappa shape index (κ1) is 20.9. The molecule has 0 radical (unpaired) electrons. The normalized spacial score (nSPS) is 12.6. The van der Waals surface area contributed by atoms with Gasteiger partial charge in [-0.25, -0.2) is 12.8 Å². The predicted molar refractivity (Wildman–Crippen MR) is 103 cm³/mol. The van der Waals surface area contributed by atoms with Gasteiger partial charge in [0.25, 0.3) is 15.9 Å². The Bertz CT molecular complexity index is 883. The Hall–Kier alpha value is -2.45. The van der Waals surface area contributed by atoms with Crippen LogP contribution in [0.2, 0.25) is 0 Å². The van der Waals surface area contributed by atoms with Gasteiger partial charge in [-0.05, 0) is 48.7 Å². The molecule has 0 aliphatic rings. The van der Waals surface area contributed by atoms with E-state index in [1.54, 1.807) is 0 Å². The molecule has 8 heteroatoms. The summed E-state index contributed by atoms with van der Waals surface area (Å²) < 4.78 is 40.6. The molecule has 0 spiro atoms. The molecule has 2 aromatic rings. The van der Waals surface area contributed by atoms with Crippen LogP contribution in [0.1, 0.15) is 30.6 Å². The number of para-hydroxylation sites is 1. The van der Waals surface area contributed by atoms with Crippen LogP contribution in [-0.4, -0.2) is 26.9 Å². The fourth-order valence-corrected chi connectivity index (χ4v) is 3.65. The summed E-state index contributed by atoms with van der Waals surface area (Å²) in [6.45, 7) is 4.40. The molecule has 1 atom stereocenters. The molecule has 2 aromatic carbocycles. The van der Waals surface area contributed by atoms with Gasteiger partial charge in [-0.15, -0.1) is 0 Å². The maximum absolute atomic E-state index is 13.7. The molecule has 0 aromatic heterocycles. The van der Waals surface area contributed by atoms with E-state index in [4.69, 9.17) is 5.73 Å². The minimum absolute atomic E-state index is 0.0696. The second-order valence-electron chi connectivity index (χ2n) is 6.65. The molecule has 146 valence electrons. The monoisotopic (exact) mass is 393 g/mol. The van der Waals surface area contributed by atoms with E-state index in [1.807, 2.05) is 13.8 Å². The maximum atomic E-state index is 13.7.